The highest BCUT2D eigenvalue weighted by Crippen LogP contribution is 2.29. The highest BCUT2D eigenvalue weighted by atomic mass is 16.5. The first kappa shape index (κ1) is 18.6. The predicted molar refractivity (Wildman–Crippen MR) is 98.6 cm³/mol. The number of hydrogen-bond acceptors (Lipinski definition) is 5. The van der Waals surface area contributed by atoms with Crippen LogP contribution >= 0.6 is 0 Å². The van der Waals surface area contributed by atoms with Crippen LogP contribution in [0.4, 0.5) is 5.69 Å². The quantitative estimate of drug-likeness (QED) is 0.639. The first-order valence-corrected chi connectivity index (χ1v) is 8.02. The summed E-state index contributed by atoms with van der Waals surface area (Å²) in [7, 11) is 4.91. The Bertz CT molecular complexity index is 732. The molecule has 2 aromatic rings. The molecular formula is C18H26N4O3. The highest BCUT2D eigenvalue weighted by molar-refractivity contribution is 5.93. The van der Waals surface area contributed by atoms with Crippen molar-refractivity contribution in [1.82, 2.24) is 10.3 Å². The van der Waals surface area contributed by atoms with Crippen LogP contribution in [0.15, 0.2) is 33.8 Å². The predicted octanol–water partition coefficient (Wildman–Crippen LogP) is 3.18. The SMILES string of the molecule is CN=C(NCc1ncc(C(C)(C)C)o1)Nc1ccc(OC)c(OC)c1. The number of oxazole rings is 1. The molecule has 0 aliphatic carbocycles. The van der Waals surface area contributed by atoms with E-state index in [9.17, 15) is 0 Å². The minimum Gasteiger partial charge on any atom is -0.493 e. The number of nitrogens with one attached hydrogen (secondary N) is 2. The number of guanidine groups is 1. The first-order valence-electron chi connectivity index (χ1n) is 8.02. The van der Waals surface area contributed by atoms with Crippen molar-refractivity contribution in [2.75, 3.05) is 26.6 Å². The maximum Gasteiger partial charge on any atom is 0.213 e. The fourth-order valence-electron chi connectivity index (χ4n) is 2.13. The molecule has 0 unspecified atom stereocenters. The summed E-state index contributed by atoms with van der Waals surface area (Å²) in [6, 6.07) is 5.56. The van der Waals surface area contributed by atoms with E-state index in [1.807, 2.05) is 18.2 Å². The van der Waals surface area contributed by atoms with Crippen molar-refractivity contribution >= 4 is 11.6 Å². The van der Waals surface area contributed by atoms with Crippen LogP contribution in [0.3, 0.4) is 0 Å². The number of nitrogens with zero attached hydrogens (tertiary/aromatic N) is 2. The summed E-state index contributed by atoms with van der Waals surface area (Å²) in [5, 5.41) is 6.37. The molecule has 136 valence electrons. The molecule has 0 saturated heterocycles. The minimum absolute atomic E-state index is 0.0647. The maximum absolute atomic E-state index is 5.77. The lowest BCUT2D eigenvalue weighted by molar-refractivity contribution is 0.355. The van der Waals surface area contributed by atoms with Crippen LogP contribution in [-0.4, -0.2) is 32.2 Å². The van der Waals surface area contributed by atoms with Gasteiger partial charge in [0.1, 0.15) is 5.76 Å². The molecule has 1 heterocycles. The number of anilines is 1. The molecule has 0 aliphatic rings. The van der Waals surface area contributed by atoms with E-state index in [0.717, 1.165) is 11.4 Å². The van der Waals surface area contributed by atoms with Crippen LogP contribution < -0.4 is 20.1 Å². The van der Waals surface area contributed by atoms with Gasteiger partial charge in [-0.1, -0.05) is 20.8 Å². The molecule has 0 fully saturated rings. The lowest BCUT2D eigenvalue weighted by Gasteiger charge is -2.14. The number of aromatic nitrogens is 1. The molecule has 1 aromatic carbocycles. The Morgan fingerprint density at radius 3 is 2.48 bits per heavy atom. The van der Waals surface area contributed by atoms with Crippen molar-refractivity contribution in [3.8, 4) is 11.5 Å². The molecule has 1 aromatic heterocycles. The standard InChI is InChI=1S/C18H26N4O3/c1-18(2,3)15-10-20-16(25-15)11-21-17(19-4)22-12-7-8-13(23-5)14(9-12)24-6/h7-10H,11H2,1-6H3,(H2,19,21,22). The van der Waals surface area contributed by atoms with E-state index >= 15 is 0 Å². The monoisotopic (exact) mass is 346 g/mol. The van der Waals surface area contributed by atoms with E-state index in [-0.39, 0.29) is 5.41 Å². The van der Waals surface area contributed by atoms with E-state index in [2.05, 4.69) is 41.4 Å². The second kappa shape index (κ2) is 7.92. The Morgan fingerprint density at radius 2 is 1.92 bits per heavy atom. The summed E-state index contributed by atoms with van der Waals surface area (Å²) in [4.78, 5) is 8.50. The third kappa shape index (κ3) is 4.89. The van der Waals surface area contributed by atoms with Gasteiger partial charge in [0.05, 0.1) is 27.0 Å². The molecule has 7 heteroatoms. The van der Waals surface area contributed by atoms with Gasteiger partial charge in [0.2, 0.25) is 5.89 Å². The number of rotatable bonds is 5. The van der Waals surface area contributed by atoms with Crippen LogP contribution in [0.1, 0.15) is 32.4 Å². The molecule has 2 N–H and O–H groups in total. The van der Waals surface area contributed by atoms with Gasteiger partial charge < -0.3 is 24.5 Å². The number of hydrogen-bond donors (Lipinski definition) is 2. The fraction of sp³-hybridized carbons (Fsp3) is 0.444. The summed E-state index contributed by atoms with van der Waals surface area (Å²) in [5.74, 6) is 3.38. The second-order valence-electron chi connectivity index (χ2n) is 6.49. The number of benzene rings is 1. The normalized spacial score (nSPS) is 12.0. The molecule has 25 heavy (non-hydrogen) atoms. The molecular weight excluding hydrogens is 320 g/mol. The van der Waals surface area contributed by atoms with Gasteiger partial charge in [0, 0.05) is 24.2 Å². The maximum atomic E-state index is 5.77. The van der Waals surface area contributed by atoms with Crippen LogP contribution in [0, 0.1) is 0 Å². The van der Waals surface area contributed by atoms with E-state index in [0.29, 0.717) is 29.9 Å². The Morgan fingerprint density at radius 1 is 1.20 bits per heavy atom. The summed E-state index contributed by atoms with van der Waals surface area (Å²) in [5.41, 5.74) is 0.763. The van der Waals surface area contributed by atoms with Crippen LogP contribution in [-0.2, 0) is 12.0 Å². The zero-order valence-electron chi connectivity index (χ0n) is 15.6. The Kier molecular flexibility index (Phi) is 5.90. The van der Waals surface area contributed by atoms with Crippen molar-refractivity contribution < 1.29 is 13.9 Å². The van der Waals surface area contributed by atoms with Gasteiger partial charge in [-0.2, -0.15) is 0 Å². The summed E-state index contributed by atoms with van der Waals surface area (Å²) >= 11 is 0. The van der Waals surface area contributed by atoms with Gasteiger partial charge in [0.15, 0.2) is 17.5 Å². The van der Waals surface area contributed by atoms with Gasteiger partial charge in [-0.05, 0) is 12.1 Å². The Balaban J connectivity index is 2.00. The summed E-state index contributed by atoms with van der Waals surface area (Å²) in [6.07, 6.45) is 1.77. The second-order valence-corrected chi connectivity index (χ2v) is 6.49. The molecule has 2 rings (SSSR count). The van der Waals surface area contributed by atoms with Gasteiger partial charge in [-0.25, -0.2) is 4.98 Å². The van der Waals surface area contributed by atoms with Crippen molar-refractivity contribution in [2.24, 2.45) is 4.99 Å². The van der Waals surface area contributed by atoms with Crippen LogP contribution in [0.5, 0.6) is 11.5 Å². The molecule has 0 radical (unpaired) electrons. The Labute approximate surface area is 148 Å². The van der Waals surface area contributed by atoms with Crippen molar-refractivity contribution in [3.05, 3.63) is 36.0 Å². The van der Waals surface area contributed by atoms with Gasteiger partial charge in [-0.15, -0.1) is 0 Å². The smallest absolute Gasteiger partial charge is 0.213 e. The first-order chi connectivity index (χ1) is 11.9. The molecule has 0 amide bonds. The van der Waals surface area contributed by atoms with Crippen molar-refractivity contribution in [2.45, 2.75) is 32.7 Å². The third-order valence-corrected chi connectivity index (χ3v) is 3.57. The highest BCUT2D eigenvalue weighted by Gasteiger charge is 2.19. The number of aliphatic imine (C=N–C) groups is 1. The number of methoxy groups -OCH3 is 2. The lowest BCUT2D eigenvalue weighted by atomic mass is 9.94. The molecule has 0 atom stereocenters. The van der Waals surface area contributed by atoms with E-state index < -0.39 is 0 Å². The average molecular weight is 346 g/mol. The topological polar surface area (TPSA) is 80.9 Å². The van der Waals surface area contributed by atoms with E-state index in [4.69, 9.17) is 13.9 Å². The molecule has 0 bridgehead atoms. The van der Waals surface area contributed by atoms with Crippen LogP contribution in [0.2, 0.25) is 0 Å². The van der Waals surface area contributed by atoms with Gasteiger partial charge >= 0.3 is 0 Å². The fourth-order valence-corrected chi connectivity index (χ4v) is 2.13. The summed E-state index contributed by atoms with van der Waals surface area (Å²) in [6.45, 7) is 6.69. The molecule has 0 aliphatic heterocycles. The van der Waals surface area contributed by atoms with E-state index in [1.54, 1.807) is 27.5 Å². The largest absolute Gasteiger partial charge is 0.493 e. The lowest BCUT2D eigenvalue weighted by Crippen LogP contribution is -2.30. The van der Waals surface area contributed by atoms with Crippen LogP contribution in [0.25, 0.3) is 0 Å². The van der Waals surface area contributed by atoms with Crippen molar-refractivity contribution in [1.29, 1.82) is 0 Å². The average Bonchev–Trinajstić information content (AvgIpc) is 3.07. The molecule has 0 spiro atoms. The zero-order valence-corrected chi connectivity index (χ0v) is 15.6. The molecule has 7 nitrogen and oxygen atoms in total. The minimum atomic E-state index is -0.0647. The van der Waals surface area contributed by atoms with E-state index in [1.165, 1.54) is 0 Å². The summed E-state index contributed by atoms with van der Waals surface area (Å²) < 4.78 is 16.3. The van der Waals surface area contributed by atoms with Crippen molar-refractivity contribution in [3.63, 3.8) is 0 Å². The van der Waals surface area contributed by atoms with Gasteiger partial charge in [0.25, 0.3) is 0 Å². The van der Waals surface area contributed by atoms with Gasteiger partial charge in [-0.3, -0.25) is 4.99 Å². The zero-order chi connectivity index (χ0) is 18.4. The number of ether oxygens (including phenoxy) is 2. The Hall–Kier alpha value is -2.70. The third-order valence-electron chi connectivity index (χ3n) is 3.57. The molecule has 0 saturated carbocycles.